The molecule has 0 fully saturated rings. The Labute approximate surface area is 51.0 Å². The SMILES string of the molecule is [O-2].[O-2].[Pd+2].[Zn+2]. The standard InChI is InChI=1S/2O.Pd.Zn/q2*-2;2*+2. The average Bonchev–Trinajstić information content (AvgIpc) is 0. The molecule has 0 radical (unpaired) electrons. The van der Waals surface area contributed by atoms with E-state index in [4.69, 9.17) is 0 Å². The molecule has 4 heavy (non-hydrogen) atoms. The molecule has 0 spiro atoms. The molecule has 2 nitrogen and oxygen atoms in total. The predicted molar refractivity (Wildman–Crippen MR) is 1.37 cm³/mol. The first-order chi connectivity index (χ1) is 0. The normalized spacial score (nSPS) is 0. The second-order valence-corrected chi connectivity index (χ2v) is 0. The Hall–Kier alpha value is 1.21. The summed E-state index contributed by atoms with van der Waals surface area (Å²) >= 11 is 0. The Balaban J connectivity index is 0. The zero-order valence-electron chi connectivity index (χ0n) is 1.84. The van der Waals surface area contributed by atoms with Crippen molar-refractivity contribution in [2.75, 3.05) is 0 Å². The Kier molecular flexibility index (Phi) is 471. The monoisotopic (exact) mass is 202 g/mol. The van der Waals surface area contributed by atoms with Crippen LogP contribution in [0.15, 0.2) is 0 Å². The van der Waals surface area contributed by atoms with Gasteiger partial charge in [0.2, 0.25) is 0 Å². The minimum Gasteiger partial charge on any atom is -2.00 e. The summed E-state index contributed by atoms with van der Waals surface area (Å²) in [4.78, 5) is 0. The van der Waals surface area contributed by atoms with Gasteiger partial charge < -0.3 is 11.0 Å². The van der Waals surface area contributed by atoms with Crippen LogP contribution in [-0.4, -0.2) is 0 Å². The quantitative estimate of drug-likeness (QED) is 0.488. The minimum atomic E-state index is 0. The third kappa shape index (κ3) is 10.7. The molecule has 0 aliphatic rings. The average molecular weight is 204 g/mol. The van der Waals surface area contributed by atoms with Crippen LogP contribution in [0, 0.1) is 0 Å². The van der Waals surface area contributed by atoms with E-state index in [1.165, 1.54) is 0 Å². The predicted octanol–water partition coefficient (Wildman–Crippen LogP) is -0.243. The van der Waals surface area contributed by atoms with Crippen molar-refractivity contribution in [2.45, 2.75) is 0 Å². The molecule has 0 unspecified atom stereocenters. The van der Waals surface area contributed by atoms with Crippen molar-refractivity contribution in [3.63, 3.8) is 0 Å². The van der Waals surface area contributed by atoms with Crippen LogP contribution in [0.5, 0.6) is 0 Å². The van der Waals surface area contributed by atoms with Gasteiger partial charge in [-0.2, -0.15) is 0 Å². The van der Waals surface area contributed by atoms with E-state index in [-0.39, 0.29) is 50.9 Å². The van der Waals surface area contributed by atoms with Crippen molar-refractivity contribution < 1.29 is 50.9 Å². The summed E-state index contributed by atoms with van der Waals surface area (Å²) in [5.41, 5.74) is 0. The third-order valence-electron chi connectivity index (χ3n) is 0. The summed E-state index contributed by atoms with van der Waals surface area (Å²) in [5.74, 6) is 0. The van der Waals surface area contributed by atoms with E-state index in [1.807, 2.05) is 0 Å². The van der Waals surface area contributed by atoms with Crippen molar-refractivity contribution in [1.29, 1.82) is 0 Å². The molecular weight excluding hydrogens is 204 g/mol. The number of hydrogen-bond donors (Lipinski definition) is 0. The molecule has 0 aliphatic heterocycles. The topological polar surface area (TPSA) is 57.0 Å². The fraction of sp³-hybridized carbons (Fsp3) is 0. The van der Waals surface area contributed by atoms with Gasteiger partial charge in [0.1, 0.15) is 0 Å². The molecule has 0 N–H and O–H groups in total. The fourth-order valence-electron chi connectivity index (χ4n) is 0. The van der Waals surface area contributed by atoms with Gasteiger partial charge in [0.15, 0.2) is 0 Å². The van der Waals surface area contributed by atoms with Gasteiger partial charge in [-0.25, -0.2) is 0 Å². The van der Waals surface area contributed by atoms with Crippen LogP contribution in [0.4, 0.5) is 0 Å². The largest absolute Gasteiger partial charge is 2.00 e. The van der Waals surface area contributed by atoms with Gasteiger partial charge >= 0.3 is 39.9 Å². The molecule has 0 aromatic rings. The molecule has 0 bridgehead atoms. The van der Waals surface area contributed by atoms with E-state index in [0.29, 0.717) is 0 Å². The number of rotatable bonds is 0. The van der Waals surface area contributed by atoms with E-state index in [0.717, 1.165) is 0 Å². The van der Waals surface area contributed by atoms with Crippen LogP contribution in [0.1, 0.15) is 0 Å². The molecule has 0 amide bonds. The smallest absolute Gasteiger partial charge is 2.00 e. The Morgan fingerprint density at radius 2 is 0.750 bits per heavy atom. The second-order valence-electron chi connectivity index (χ2n) is 0. The maximum Gasteiger partial charge on any atom is 2.00 e. The van der Waals surface area contributed by atoms with Crippen molar-refractivity contribution in [1.82, 2.24) is 0 Å². The molecule has 24 valence electrons. The minimum absolute atomic E-state index is 0. The van der Waals surface area contributed by atoms with Crippen molar-refractivity contribution >= 4 is 0 Å². The van der Waals surface area contributed by atoms with Crippen LogP contribution in [0.3, 0.4) is 0 Å². The van der Waals surface area contributed by atoms with Crippen LogP contribution in [0.25, 0.3) is 0 Å². The maximum absolute atomic E-state index is 0. The molecule has 0 aliphatic carbocycles. The van der Waals surface area contributed by atoms with E-state index in [2.05, 4.69) is 0 Å². The fourth-order valence-corrected chi connectivity index (χ4v) is 0. The molecule has 0 heterocycles. The van der Waals surface area contributed by atoms with Crippen LogP contribution in [-0.2, 0) is 50.9 Å². The maximum atomic E-state index is 0. The third-order valence-corrected chi connectivity index (χ3v) is 0. The van der Waals surface area contributed by atoms with E-state index >= 15 is 0 Å². The molecule has 0 atom stereocenters. The van der Waals surface area contributed by atoms with E-state index in [1.54, 1.807) is 0 Å². The van der Waals surface area contributed by atoms with E-state index in [9.17, 15) is 0 Å². The van der Waals surface area contributed by atoms with Gasteiger partial charge in [0.05, 0.1) is 0 Å². The van der Waals surface area contributed by atoms with Crippen molar-refractivity contribution in [3.05, 3.63) is 0 Å². The molecular formula is O2PdZn. The summed E-state index contributed by atoms with van der Waals surface area (Å²) < 4.78 is 0. The van der Waals surface area contributed by atoms with Gasteiger partial charge in [-0.15, -0.1) is 0 Å². The molecule has 0 aromatic heterocycles. The summed E-state index contributed by atoms with van der Waals surface area (Å²) in [7, 11) is 0. The first-order valence-electron chi connectivity index (χ1n) is 0. The first-order valence-corrected chi connectivity index (χ1v) is 0. The summed E-state index contributed by atoms with van der Waals surface area (Å²) in [6, 6.07) is 0. The van der Waals surface area contributed by atoms with Gasteiger partial charge in [-0.05, 0) is 0 Å². The van der Waals surface area contributed by atoms with Crippen molar-refractivity contribution in [2.24, 2.45) is 0 Å². The van der Waals surface area contributed by atoms with Gasteiger partial charge in [0, 0.05) is 0 Å². The summed E-state index contributed by atoms with van der Waals surface area (Å²) in [6.45, 7) is 0. The summed E-state index contributed by atoms with van der Waals surface area (Å²) in [6.07, 6.45) is 0. The Morgan fingerprint density at radius 1 is 0.750 bits per heavy atom. The Morgan fingerprint density at radius 3 is 0.750 bits per heavy atom. The first kappa shape index (κ1) is 63.3. The molecule has 4 heteroatoms. The van der Waals surface area contributed by atoms with Crippen LogP contribution >= 0.6 is 0 Å². The number of hydrogen-bond acceptors (Lipinski definition) is 0. The molecule has 0 aromatic carbocycles. The van der Waals surface area contributed by atoms with E-state index < -0.39 is 0 Å². The van der Waals surface area contributed by atoms with Gasteiger partial charge in [-0.1, -0.05) is 0 Å². The van der Waals surface area contributed by atoms with Crippen LogP contribution < -0.4 is 0 Å². The zero-order valence-corrected chi connectivity index (χ0v) is 6.36. The second kappa shape index (κ2) is 29.7. The van der Waals surface area contributed by atoms with Gasteiger partial charge in [0.25, 0.3) is 0 Å². The zero-order chi connectivity index (χ0) is 0. The van der Waals surface area contributed by atoms with Crippen molar-refractivity contribution in [3.8, 4) is 0 Å². The Bertz CT molecular complexity index is 6.00. The van der Waals surface area contributed by atoms with Crippen LogP contribution in [0.2, 0.25) is 0 Å². The van der Waals surface area contributed by atoms with Gasteiger partial charge in [-0.3, -0.25) is 0 Å². The molecule has 0 saturated carbocycles. The molecule has 0 rings (SSSR count). The molecule has 0 saturated heterocycles. The summed E-state index contributed by atoms with van der Waals surface area (Å²) in [5, 5.41) is 0.